The molecular formula is C23H28N2O3S. The molecule has 0 spiro atoms. The summed E-state index contributed by atoms with van der Waals surface area (Å²) in [6.07, 6.45) is 0. The zero-order chi connectivity index (χ0) is 20.8. The van der Waals surface area contributed by atoms with Crippen LogP contribution in [0.3, 0.4) is 0 Å². The Morgan fingerprint density at radius 3 is 2.45 bits per heavy atom. The molecule has 0 unspecified atom stereocenters. The number of thioether (sulfide) groups is 1. The summed E-state index contributed by atoms with van der Waals surface area (Å²) in [7, 11) is 0. The molecule has 1 fully saturated rings. The molecule has 29 heavy (non-hydrogen) atoms. The van der Waals surface area contributed by atoms with E-state index in [0.29, 0.717) is 18.7 Å². The van der Waals surface area contributed by atoms with Gasteiger partial charge in [-0.15, -0.1) is 11.8 Å². The third kappa shape index (κ3) is 5.12. The number of piperazine rings is 1. The second-order valence-corrected chi connectivity index (χ2v) is 8.40. The minimum atomic E-state index is -0.441. The second kappa shape index (κ2) is 9.83. The number of hydrogen-bond donors (Lipinski definition) is 0. The molecule has 0 aromatic heterocycles. The Bertz CT molecular complexity index is 876. The molecule has 3 rings (SSSR count). The lowest BCUT2D eigenvalue weighted by molar-refractivity contribution is -0.134. The van der Waals surface area contributed by atoms with Crippen molar-refractivity contribution in [2.75, 3.05) is 43.4 Å². The maximum absolute atomic E-state index is 12.5. The molecule has 5 nitrogen and oxygen atoms in total. The smallest absolute Gasteiger partial charge is 0.339 e. The van der Waals surface area contributed by atoms with Gasteiger partial charge >= 0.3 is 5.97 Å². The summed E-state index contributed by atoms with van der Waals surface area (Å²) in [4.78, 5) is 29.9. The van der Waals surface area contributed by atoms with E-state index in [2.05, 4.69) is 36.9 Å². The first-order valence-corrected chi connectivity index (χ1v) is 11.0. The van der Waals surface area contributed by atoms with Crippen molar-refractivity contribution in [3.8, 4) is 0 Å². The average molecular weight is 413 g/mol. The third-order valence-corrected chi connectivity index (χ3v) is 6.24. The molecule has 154 valence electrons. The van der Waals surface area contributed by atoms with Crippen molar-refractivity contribution in [1.82, 2.24) is 4.90 Å². The van der Waals surface area contributed by atoms with Gasteiger partial charge in [-0.1, -0.05) is 31.2 Å². The predicted octanol–water partition coefficient (Wildman–Crippen LogP) is 3.92. The first kappa shape index (κ1) is 21.2. The SMILES string of the molecule is CCSc1ccccc1C(=O)OCC(=O)N1CCN(c2cccc(C)c2C)CC1. The zero-order valence-electron chi connectivity index (χ0n) is 17.3. The fourth-order valence-corrected chi connectivity index (χ4v) is 4.28. The third-order valence-electron chi connectivity index (χ3n) is 5.28. The van der Waals surface area contributed by atoms with Crippen LogP contribution < -0.4 is 4.90 Å². The molecule has 0 N–H and O–H groups in total. The standard InChI is InChI=1S/C23H28N2O3S/c1-4-29-21-11-6-5-9-19(21)23(27)28-16-22(26)25-14-12-24(13-15-25)20-10-7-8-17(2)18(20)3/h5-11H,4,12-16H2,1-3H3. The number of rotatable bonds is 6. The van der Waals surface area contributed by atoms with Gasteiger partial charge in [0.15, 0.2) is 6.61 Å². The van der Waals surface area contributed by atoms with E-state index in [9.17, 15) is 9.59 Å². The summed E-state index contributed by atoms with van der Waals surface area (Å²) in [6.45, 7) is 8.89. The Balaban J connectivity index is 1.53. The van der Waals surface area contributed by atoms with Gasteiger partial charge in [-0.25, -0.2) is 4.79 Å². The van der Waals surface area contributed by atoms with Gasteiger partial charge in [0.25, 0.3) is 5.91 Å². The molecule has 0 atom stereocenters. The summed E-state index contributed by atoms with van der Waals surface area (Å²) in [6, 6.07) is 13.7. The number of carbonyl (C=O) groups excluding carboxylic acids is 2. The van der Waals surface area contributed by atoms with E-state index in [1.807, 2.05) is 25.1 Å². The number of ether oxygens (including phenoxy) is 1. The number of nitrogens with zero attached hydrogens (tertiary/aromatic N) is 2. The summed E-state index contributed by atoms with van der Waals surface area (Å²) in [5.74, 6) is 0.289. The lowest BCUT2D eigenvalue weighted by Gasteiger charge is -2.37. The van der Waals surface area contributed by atoms with Crippen LogP contribution >= 0.6 is 11.8 Å². The van der Waals surface area contributed by atoms with Crippen LogP contribution in [0.5, 0.6) is 0 Å². The van der Waals surface area contributed by atoms with Crippen LogP contribution in [0.4, 0.5) is 5.69 Å². The average Bonchev–Trinajstić information content (AvgIpc) is 2.74. The molecule has 1 aliphatic heterocycles. The van der Waals surface area contributed by atoms with Gasteiger partial charge in [-0.3, -0.25) is 4.79 Å². The molecule has 1 aliphatic rings. The van der Waals surface area contributed by atoms with Gasteiger partial charge in [-0.05, 0) is 48.9 Å². The maximum atomic E-state index is 12.5. The van der Waals surface area contributed by atoms with Crippen LogP contribution in [0.2, 0.25) is 0 Å². The van der Waals surface area contributed by atoms with Crippen LogP contribution in [-0.2, 0) is 9.53 Å². The van der Waals surface area contributed by atoms with Crippen molar-refractivity contribution in [2.45, 2.75) is 25.7 Å². The Morgan fingerprint density at radius 2 is 1.72 bits per heavy atom. The van der Waals surface area contributed by atoms with Gasteiger partial charge in [0.05, 0.1) is 5.56 Å². The van der Waals surface area contributed by atoms with Crippen LogP contribution in [0.15, 0.2) is 47.4 Å². The summed E-state index contributed by atoms with van der Waals surface area (Å²) >= 11 is 1.59. The monoisotopic (exact) mass is 412 g/mol. The lowest BCUT2D eigenvalue weighted by atomic mass is 10.1. The fourth-order valence-electron chi connectivity index (χ4n) is 3.49. The topological polar surface area (TPSA) is 49.9 Å². The van der Waals surface area contributed by atoms with Crippen molar-refractivity contribution in [1.29, 1.82) is 0 Å². The molecule has 0 saturated carbocycles. The number of carbonyl (C=O) groups is 2. The molecule has 1 heterocycles. The molecule has 1 saturated heterocycles. The molecule has 2 aromatic carbocycles. The van der Waals surface area contributed by atoms with E-state index >= 15 is 0 Å². The zero-order valence-corrected chi connectivity index (χ0v) is 18.1. The Kier molecular flexibility index (Phi) is 7.20. The second-order valence-electron chi connectivity index (χ2n) is 7.09. The number of aryl methyl sites for hydroxylation is 1. The lowest BCUT2D eigenvalue weighted by Crippen LogP contribution is -2.50. The highest BCUT2D eigenvalue weighted by atomic mass is 32.2. The van der Waals surface area contributed by atoms with E-state index in [0.717, 1.165) is 23.7 Å². The van der Waals surface area contributed by atoms with Gasteiger partial charge in [-0.2, -0.15) is 0 Å². The van der Waals surface area contributed by atoms with Crippen molar-refractivity contribution in [2.24, 2.45) is 0 Å². The van der Waals surface area contributed by atoms with Gasteiger partial charge in [0, 0.05) is 36.8 Å². The highest BCUT2D eigenvalue weighted by Gasteiger charge is 2.23. The molecule has 2 aromatic rings. The van der Waals surface area contributed by atoms with E-state index in [1.165, 1.54) is 16.8 Å². The quantitative estimate of drug-likeness (QED) is 0.532. The van der Waals surface area contributed by atoms with E-state index in [-0.39, 0.29) is 12.5 Å². The molecule has 6 heteroatoms. The fraction of sp³-hybridized carbons (Fsp3) is 0.391. The maximum Gasteiger partial charge on any atom is 0.339 e. The van der Waals surface area contributed by atoms with Crippen molar-refractivity contribution >= 4 is 29.3 Å². The Labute approximate surface area is 177 Å². The number of anilines is 1. The van der Waals surface area contributed by atoms with E-state index in [1.54, 1.807) is 22.7 Å². The summed E-state index contributed by atoms with van der Waals surface area (Å²) in [5.41, 5.74) is 4.31. The van der Waals surface area contributed by atoms with Gasteiger partial charge in [0.1, 0.15) is 0 Å². The predicted molar refractivity (Wildman–Crippen MR) is 118 cm³/mol. The highest BCUT2D eigenvalue weighted by Crippen LogP contribution is 2.24. The Morgan fingerprint density at radius 1 is 1.00 bits per heavy atom. The molecule has 0 radical (unpaired) electrons. The first-order valence-electron chi connectivity index (χ1n) is 9.99. The Hall–Kier alpha value is -2.47. The summed E-state index contributed by atoms with van der Waals surface area (Å²) < 4.78 is 5.32. The molecule has 1 amide bonds. The van der Waals surface area contributed by atoms with Crippen LogP contribution in [0.1, 0.15) is 28.4 Å². The minimum Gasteiger partial charge on any atom is -0.452 e. The molecule has 0 bridgehead atoms. The normalized spacial score (nSPS) is 14.0. The van der Waals surface area contributed by atoms with Crippen LogP contribution in [0, 0.1) is 13.8 Å². The number of hydrogen-bond acceptors (Lipinski definition) is 5. The first-order chi connectivity index (χ1) is 14.0. The van der Waals surface area contributed by atoms with Crippen LogP contribution in [0.25, 0.3) is 0 Å². The number of benzene rings is 2. The van der Waals surface area contributed by atoms with E-state index in [4.69, 9.17) is 4.74 Å². The van der Waals surface area contributed by atoms with Crippen LogP contribution in [-0.4, -0.2) is 55.3 Å². The number of esters is 1. The summed E-state index contributed by atoms with van der Waals surface area (Å²) in [5, 5.41) is 0. The minimum absolute atomic E-state index is 0.139. The van der Waals surface area contributed by atoms with Crippen molar-refractivity contribution in [3.05, 3.63) is 59.2 Å². The molecule has 0 aliphatic carbocycles. The molecular weight excluding hydrogens is 384 g/mol. The van der Waals surface area contributed by atoms with Gasteiger partial charge in [0.2, 0.25) is 0 Å². The van der Waals surface area contributed by atoms with Crippen molar-refractivity contribution in [3.63, 3.8) is 0 Å². The van der Waals surface area contributed by atoms with Crippen molar-refractivity contribution < 1.29 is 14.3 Å². The van der Waals surface area contributed by atoms with E-state index < -0.39 is 5.97 Å². The highest BCUT2D eigenvalue weighted by molar-refractivity contribution is 7.99. The number of amides is 1. The van der Waals surface area contributed by atoms with Gasteiger partial charge < -0.3 is 14.5 Å². The largest absolute Gasteiger partial charge is 0.452 e.